The number of nitrogens with two attached hydrogens (primary N) is 1. The van der Waals surface area contributed by atoms with E-state index in [0.29, 0.717) is 25.8 Å². The fraction of sp³-hybridized carbons (Fsp3) is 0.818. The summed E-state index contributed by atoms with van der Waals surface area (Å²) >= 11 is 0. The van der Waals surface area contributed by atoms with Gasteiger partial charge in [0, 0.05) is 19.2 Å². The Balaban J connectivity index is 3.65. The number of unbranched alkanes of at least 4 members (excludes halogenated alkanes) is 2. The molecule has 0 aliphatic heterocycles. The first-order chi connectivity index (χ1) is 8.72. The number of hydrogen-bond acceptors (Lipinski definition) is 5. The first kappa shape index (κ1) is 17.8. The molecule has 7 nitrogen and oxygen atoms in total. The Bertz CT molecular complexity index is 394. The third-order valence-corrected chi connectivity index (χ3v) is 3.48. The molecule has 1 amide bonds. The molecule has 112 valence electrons. The molecule has 0 saturated heterocycles. The SMILES string of the molecule is CS(=O)(=O)CCC(N)C(=O)NCCCCCC(=O)O. The van der Waals surface area contributed by atoms with Crippen molar-refractivity contribution in [2.45, 2.75) is 38.1 Å². The van der Waals surface area contributed by atoms with Crippen molar-refractivity contribution in [3.8, 4) is 0 Å². The lowest BCUT2D eigenvalue weighted by Gasteiger charge is -2.11. The molecule has 0 aliphatic carbocycles. The summed E-state index contributed by atoms with van der Waals surface area (Å²) in [6.45, 7) is 0.422. The van der Waals surface area contributed by atoms with Gasteiger partial charge < -0.3 is 16.2 Å². The molecule has 8 heteroatoms. The highest BCUT2D eigenvalue weighted by molar-refractivity contribution is 7.90. The van der Waals surface area contributed by atoms with Crippen molar-refractivity contribution >= 4 is 21.7 Å². The van der Waals surface area contributed by atoms with Gasteiger partial charge in [-0.2, -0.15) is 0 Å². The normalized spacial score (nSPS) is 12.9. The first-order valence-corrected chi connectivity index (χ1v) is 8.21. The molecule has 0 aromatic heterocycles. The van der Waals surface area contributed by atoms with E-state index in [1.807, 2.05) is 0 Å². The summed E-state index contributed by atoms with van der Waals surface area (Å²) in [6, 6.07) is -0.825. The third kappa shape index (κ3) is 11.7. The Kier molecular flexibility index (Phi) is 8.33. The lowest BCUT2D eigenvalue weighted by atomic mass is 10.2. The largest absolute Gasteiger partial charge is 0.481 e. The fourth-order valence-corrected chi connectivity index (χ4v) is 2.07. The molecule has 0 heterocycles. The number of carbonyl (C=O) groups is 2. The van der Waals surface area contributed by atoms with Gasteiger partial charge in [-0.25, -0.2) is 8.42 Å². The number of amides is 1. The molecule has 0 rings (SSSR count). The summed E-state index contributed by atoms with van der Waals surface area (Å²) < 4.78 is 21.8. The van der Waals surface area contributed by atoms with Crippen LogP contribution in [0.3, 0.4) is 0 Å². The highest BCUT2D eigenvalue weighted by Gasteiger charge is 2.15. The number of carbonyl (C=O) groups excluding carboxylic acids is 1. The standard InChI is InChI=1S/C11H22N2O5S/c1-19(17,18)8-6-9(12)11(16)13-7-4-2-3-5-10(14)15/h9H,2-8,12H2,1H3,(H,13,16)(H,14,15). The number of rotatable bonds is 10. The number of carboxylic acid groups (broad SMARTS) is 1. The van der Waals surface area contributed by atoms with Crippen molar-refractivity contribution < 1.29 is 23.1 Å². The van der Waals surface area contributed by atoms with E-state index in [4.69, 9.17) is 10.8 Å². The van der Waals surface area contributed by atoms with Crippen LogP contribution in [-0.4, -0.2) is 50.0 Å². The van der Waals surface area contributed by atoms with Crippen molar-refractivity contribution in [3.63, 3.8) is 0 Å². The van der Waals surface area contributed by atoms with Gasteiger partial charge in [-0.3, -0.25) is 9.59 Å². The van der Waals surface area contributed by atoms with Crippen LogP contribution >= 0.6 is 0 Å². The second-order valence-corrected chi connectivity index (χ2v) is 6.78. The second kappa shape index (κ2) is 8.87. The molecule has 0 aromatic carbocycles. The van der Waals surface area contributed by atoms with Gasteiger partial charge >= 0.3 is 5.97 Å². The lowest BCUT2D eigenvalue weighted by Crippen LogP contribution is -2.41. The van der Waals surface area contributed by atoms with Crippen molar-refractivity contribution in [3.05, 3.63) is 0 Å². The molecule has 0 radical (unpaired) electrons. The highest BCUT2D eigenvalue weighted by atomic mass is 32.2. The molecule has 0 aromatic rings. The van der Waals surface area contributed by atoms with E-state index < -0.39 is 21.8 Å². The molecule has 0 bridgehead atoms. The molecule has 0 saturated carbocycles. The van der Waals surface area contributed by atoms with E-state index in [1.165, 1.54) is 0 Å². The Morgan fingerprint density at radius 3 is 2.42 bits per heavy atom. The Morgan fingerprint density at radius 1 is 1.26 bits per heavy atom. The Morgan fingerprint density at radius 2 is 1.89 bits per heavy atom. The fourth-order valence-electron chi connectivity index (χ4n) is 1.39. The molecule has 0 aliphatic rings. The van der Waals surface area contributed by atoms with Crippen LogP contribution in [0, 0.1) is 0 Å². The van der Waals surface area contributed by atoms with Crippen LogP contribution < -0.4 is 11.1 Å². The quantitative estimate of drug-likeness (QED) is 0.467. The van der Waals surface area contributed by atoms with Crippen LogP contribution in [0.5, 0.6) is 0 Å². The van der Waals surface area contributed by atoms with E-state index in [1.54, 1.807) is 0 Å². The Labute approximate surface area is 113 Å². The Hall–Kier alpha value is -1.15. The zero-order valence-corrected chi connectivity index (χ0v) is 11.9. The minimum Gasteiger partial charge on any atom is -0.481 e. The van der Waals surface area contributed by atoms with Crippen LogP contribution in [0.1, 0.15) is 32.1 Å². The van der Waals surface area contributed by atoms with E-state index >= 15 is 0 Å². The zero-order chi connectivity index (χ0) is 14.9. The van der Waals surface area contributed by atoms with Crippen molar-refractivity contribution in [1.82, 2.24) is 5.32 Å². The second-order valence-electron chi connectivity index (χ2n) is 4.52. The third-order valence-electron chi connectivity index (χ3n) is 2.50. The van der Waals surface area contributed by atoms with Crippen molar-refractivity contribution in [2.75, 3.05) is 18.6 Å². The van der Waals surface area contributed by atoms with Gasteiger partial charge in [-0.1, -0.05) is 6.42 Å². The van der Waals surface area contributed by atoms with Crippen LogP contribution in [0.15, 0.2) is 0 Å². The number of nitrogens with one attached hydrogen (secondary N) is 1. The van der Waals surface area contributed by atoms with E-state index in [-0.39, 0.29) is 24.5 Å². The monoisotopic (exact) mass is 294 g/mol. The minimum absolute atomic E-state index is 0.101. The van der Waals surface area contributed by atoms with Gasteiger partial charge in [0.25, 0.3) is 0 Å². The van der Waals surface area contributed by atoms with Gasteiger partial charge in [-0.15, -0.1) is 0 Å². The minimum atomic E-state index is -3.11. The van der Waals surface area contributed by atoms with E-state index in [2.05, 4.69) is 5.32 Å². The molecule has 1 unspecified atom stereocenters. The average molecular weight is 294 g/mol. The van der Waals surface area contributed by atoms with Crippen LogP contribution in [0.25, 0.3) is 0 Å². The summed E-state index contributed by atoms with van der Waals surface area (Å²) in [4.78, 5) is 21.7. The highest BCUT2D eigenvalue weighted by Crippen LogP contribution is 1.99. The summed E-state index contributed by atoms with van der Waals surface area (Å²) in [5.74, 6) is -1.31. The summed E-state index contributed by atoms with van der Waals surface area (Å²) in [7, 11) is -3.11. The first-order valence-electron chi connectivity index (χ1n) is 6.15. The number of sulfone groups is 1. The maximum atomic E-state index is 11.5. The lowest BCUT2D eigenvalue weighted by molar-refractivity contribution is -0.137. The summed E-state index contributed by atoms with van der Waals surface area (Å²) in [5.41, 5.74) is 5.55. The number of aliphatic carboxylic acids is 1. The smallest absolute Gasteiger partial charge is 0.303 e. The molecular formula is C11H22N2O5S. The van der Waals surface area contributed by atoms with E-state index in [9.17, 15) is 18.0 Å². The van der Waals surface area contributed by atoms with Gasteiger partial charge in [0.1, 0.15) is 9.84 Å². The average Bonchev–Trinajstić information content (AvgIpc) is 2.28. The van der Waals surface area contributed by atoms with E-state index in [0.717, 1.165) is 6.26 Å². The molecule has 4 N–H and O–H groups in total. The molecule has 0 spiro atoms. The van der Waals surface area contributed by atoms with Gasteiger partial charge in [0.05, 0.1) is 11.8 Å². The number of hydrogen-bond donors (Lipinski definition) is 3. The van der Waals surface area contributed by atoms with Gasteiger partial charge in [-0.05, 0) is 19.3 Å². The van der Waals surface area contributed by atoms with Gasteiger partial charge in [0.15, 0.2) is 0 Å². The van der Waals surface area contributed by atoms with Crippen LogP contribution in [0.4, 0.5) is 0 Å². The van der Waals surface area contributed by atoms with Crippen molar-refractivity contribution in [1.29, 1.82) is 0 Å². The van der Waals surface area contributed by atoms with Crippen molar-refractivity contribution in [2.24, 2.45) is 5.73 Å². The van der Waals surface area contributed by atoms with Crippen LogP contribution in [-0.2, 0) is 19.4 Å². The molecule has 0 fully saturated rings. The summed E-state index contributed by atoms with van der Waals surface area (Å²) in [6.07, 6.45) is 3.29. The molecular weight excluding hydrogens is 272 g/mol. The number of carboxylic acids is 1. The van der Waals surface area contributed by atoms with Crippen LogP contribution in [0.2, 0.25) is 0 Å². The molecule has 19 heavy (non-hydrogen) atoms. The summed E-state index contributed by atoms with van der Waals surface area (Å²) in [5, 5.41) is 11.0. The predicted octanol–water partition coefficient (Wildman–Crippen LogP) is -0.490. The maximum Gasteiger partial charge on any atom is 0.303 e. The van der Waals surface area contributed by atoms with Gasteiger partial charge in [0.2, 0.25) is 5.91 Å². The predicted molar refractivity (Wildman–Crippen MR) is 71.4 cm³/mol. The molecule has 1 atom stereocenters. The zero-order valence-electron chi connectivity index (χ0n) is 11.1. The maximum absolute atomic E-state index is 11.5. The topological polar surface area (TPSA) is 127 Å².